The molecule has 27 heavy (non-hydrogen) atoms. The maximum absolute atomic E-state index is 12.2. The third kappa shape index (κ3) is 3.61. The number of benzene rings is 2. The molecule has 0 unspecified atom stereocenters. The van der Waals surface area contributed by atoms with Gasteiger partial charge in [-0.05, 0) is 73.9 Å². The summed E-state index contributed by atoms with van der Waals surface area (Å²) in [6.07, 6.45) is 3.38. The van der Waals surface area contributed by atoms with Gasteiger partial charge in [0.25, 0.3) is 0 Å². The maximum atomic E-state index is 12.2. The molecule has 2 aromatic carbocycles. The van der Waals surface area contributed by atoms with Gasteiger partial charge in [-0.2, -0.15) is 0 Å². The number of carbonyl (C=O) groups excluding carboxylic acids is 1. The van der Waals surface area contributed by atoms with Crippen LogP contribution in [-0.4, -0.2) is 31.1 Å². The lowest BCUT2D eigenvalue weighted by atomic mass is 9.91. The fraction of sp³-hybridized carbons (Fsp3) is 0.391. The zero-order valence-electron chi connectivity index (χ0n) is 16.2. The zero-order valence-corrected chi connectivity index (χ0v) is 16.2. The van der Waals surface area contributed by atoms with Crippen molar-refractivity contribution in [3.63, 3.8) is 0 Å². The van der Waals surface area contributed by atoms with Crippen LogP contribution in [0.25, 0.3) is 0 Å². The number of aliphatic imine (C=N–C) groups is 1. The van der Waals surface area contributed by atoms with Crippen LogP contribution in [0.2, 0.25) is 0 Å². The van der Waals surface area contributed by atoms with Crippen molar-refractivity contribution >= 4 is 11.9 Å². The summed E-state index contributed by atoms with van der Waals surface area (Å²) >= 11 is 0. The Morgan fingerprint density at radius 1 is 1.00 bits per heavy atom. The van der Waals surface area contributed by atoms with Gasteiger partial charge in [-0.25, -0.2) is 9.79 Å². The summed E-state index contributed by atoms with van der Waals surface area (Å²) in [5, 5.41) is 0. The van der Waals surface area contributed by atoms with Crippen molar-refractivity contribution in [3.8, 4) is 0 Å². The summed E-state index contributed by atoms with van der Waals surface area (Å²) < 4.78 is 10.9. The highest BCUT2D eigenvalue weighted by Gasteiger charge is 2.28. The Kier molecular flexibility index (Phi) is 4.50. The van der Waals surface area contributed by atoms with Crippen molar-refractivity contribution in [1.29, 1.82) is 0 Å². The van der Waals surface area contributed by atoms with E-state index in [2.05, 4.69) is 44.2 Å². The number of aryl methyl sites for hydroxylation is 4. The van der Waals surface area contributed by atoms with Gasteiger partial charge in [-0.1, -0.05) is 24.3 Å². The lowest BCUT2D eigenvalue weighted by Gasteiger charge is -2.16. The van der Waals surface area contributed by atoms with E-state index in [4.69, 9.17) is 14.5 Å². The van der Waals surface area contributed by atoms with Crippen molar-refractivity contribution in [2.24, 2.45) is 4.99 Å². The van der Waals surface area contributed by atoms with Crippen molar-refractivity contribution in [2.75, 3.05) is 13.7 Å². The molecule has 4 aliphatic carbocycles. The fourth-order valence-corrected chi connectivity index (χ4v) is 3.77. The third-order valence-electron chi connectivity index (χ3n) is 5.32. The largest absolute Gasteiger partial charge is 0.475 e. The molecule has 0 spiro atoms. The van der Waals surface area contributed by atoms with Gasteiger partial charge in [0.2, 0.25) is 5.90 Å². The number of methoxy groups -OCH3 is 1. The summed E-state index contributed by atoms with van der Waals surface area (Å²) in [6.45, 7) is 4.79. The Labute approximate surface area is 160 Å². The average Bonchev–Trinajstić information content (AvgIpc) is 3.02. The first-order chi connectivity index (χ1) is 12.9. The van der Waals surface area contributed by atoms with Crippen molar-refractivity contribution in [1.82, 2.24) is 0 Å². The van der Waals surface area contributed by atoms with E-state index in [1.54, 1.807) is 0 Å². The second kappa shape index (κ2) is 6.84. The highest BCUT2D eigenvalue weighted by molar-refractivity contribution is 5.97. The Morgan fingerprint density at radius 3 is 2.33 bits per heavy atom. The van der Waals surface area contributed by atoms with E-state index >= 15 is 0 Å². The second-order valence-electron chi connectivity index (χ2n) is 7.99. The first-order valence-electron chi connectivity index (χ1n) is 9.50. The highest BCUT2D eigenvalue weighted by Crippen LogP contribution is 2.26. The molecule has 4 nitrogen and oxygen atoms in total. The summed E-state index contributed by atoms with van der Waals surface area (Å²) in [6, 6.07) is 12.8. The van der Waals surface area contributed by atoms with Gasteiger partial charge in [-0.3, -0.25) is 0 Å². The minimum Gasteiger partial charge on any atom is -0.475 e. The molecule has 4 bridgehead atoms. The Morgan fingerprint density at radius 2 is 1.67 bits per heavy atom. The minimum absolute atomic E-state index is 0.179. The minimum atomic E-state index is -0.261. The summed E-state index contributed by atoms with van der Waals surface area (Å²) in [5.41, 5.74) is 6.23. The molecule has 0 aromatic heterocycles. The van der Waals surface area contributed by atoms with Crippen LogP contribution < -0.4 is 0 Å². The van der Waals surface area contributed by atoms with Crippen LogP contribution in [-0.2, 0) is 35.2 Å². The Balaban J connectivity index is 1.75. The van der Waals surface area contributed by atoms with Crippen LogP contribution in [0, 0.1) is 0 Å². The van der Waals surface area contributed by atoms with Crippen molar-refractivity contribution in [2.45, 2.75) is 45.1 Å². The van der Waals surface area contributed by atoms with Crippen LogP contribution in [0.1, 0.15) is 52.0 Å². The molecule has 0 saturated heterocycles. The van der Waals surface area contributed by atoms with Crippen LogP contribution in [0.15, 0.2) is 41.4 Å². The number of esters is 1. The van der Waals surface area contributed by atoms with Gasteiger partial charge < -0.3 is 9.47 Å². The zero-order chi connectivity index (χ0) is 19.0. The number of hydrogen-bond donors (Lipinski definition) is 0. The van der Waals surface area contributed by atoms with Crippen molar-refractivity contribution in [3.05, 3.63) is 69.8 Å². The SMILES string of the molecule is COC(=O)c1cc2ccc1CCc1ccc(cc1C1=NC(C)(C)CO1)CC2. The molecule has 5 aliphatic rings. The van der Waals surface area contributed by atoms with Gasteiger partial charge in [0.1, 0.15) is 6.61 Å². The van der Waals surface area contributed by atoms with E-state index in [1.165, 1.54) is 18.2 Å². The number of ether oxygens (including phenoxy) is 2. The average molecular weight is 363 g/mol. The van der Waals surface area contributed by atoms with Gasteiger partial charge in [0, 0.05) is 5.56 Å². The molecule has 1 aliphatic heterocycles. The molecule has 2 aromatic rings. The Hall–Kier alpha value is -2.62. The second-order valence-corrected chi connectivity index (χ2v) is 7.99. The number of carbonyl (C=O) groups is 1. The first kappa shape index (κ1) is 17.8. The summed E-state index contributed by atoms with van der Waals surface area (Å²) in [7, 11) is 1.44. The van der Waals surface area contributed by atoms with E-state index in [1.807, 2.05) is 6.07 Å². The molecular weight excluding hydrogens is 338 g/mol. The predicted octanol–water partition coefficient (Wildman–Crippen LogP) is 3.91. The van der Waals surface area contributed by atoms with E-state index in [0.29, 0.717) is 12.2 Å². The summed E-state index contributed by atoms with van der Waals surface area (Å²) in [5.74, 6) is 0.485. The smallest absolute Gasteiger partial charge is 0.338 e. The molecule has 4 heteroatoms. The van der Waals surface area contributed by atoms with Crippen LogP contribution in [0.3, 0.4) is 0 Å². The quantitative estimate of drug-likeness (QED) is 0.760. The van der Waals surface area contributed by atoms with Crippen LogP contribution >= 0.6 is 0 Å². The standard InChI is InChI=1S/C23H25NO3/c1-23(2)14-27-21(24-23)19-12-15-4-5-16-7-9-18(11-10-17(19)8-6-15)20(13-16)22(25)26-3/h6-9,12-13H,4-5,10-11,14H2,1-3H3. The lowest BCUT2D eigenvalue weighted by molar-refractivity contribution is 0.0599. The first-order valence-corrected chi connectivity index (χ1v) is 9.50. The molecule has 0 N–H and O–H groups in total. The van der Waals surface area contributed by atoms with Crippen LogP contribution in [0.4, 0.5) is 0 Å². The van der Waals surface area contributed by atoms with E-state index in [-0.39, 0.29) is 11.5 Å². The van der Waals surface area contributed by atoms with Gasteiger partial charge >= 0.3 is 5.97 Å². The van der Waals surface area contributed by atoms with Gasteiger partial charge in [0.05, 0.1) is 18.2 Å². The van der Waals surface area contributed by atoms with Gasteiger partial charge in [0.15, 0.2) is 0 Å². The third-order valence-corrected chi connectivity index (χ3v) is 5.32. The number of nitrogens with zero attached hydrogens (tertiary/aromatic N) is 1. The Bertz CT molecular complexity index is 927. The van der Waals surface area contributed by atoms with E-state index < -0.39 is 0 Å². The van der Waals surface area contributed by atoms with Crippen molar-refractivity contribution < 1.29 is 14.3 Å². The number of rotatable bonds is 2. The van der Waals surface area contributed by atoms with E-state index in [0.717, 1.165) is 48.3 Å². The molecule has 0 radical (unpaired) electrons. The molecule has 1 heterocycles. The molecule has 0 fully saturated rings. The monoisotopic (exact) mass is 363 g/mol. The number of hydrogen-bond acceptors (Lipinski definition) is 4. The summed E-state index contributed by atoms with van der Waals surface area (Å²) in [4.78, 5) is 17.0. The lowest BCUT2D eigenvalue weighted by Crippen LogP contribution is -2.17. The molecular formula is C23H25NO3. The molecule has 0 atom stereocenters. The van der Waals surface area contributed by atoms with Gasteiger partial charge in [-0.15, -0.1) is 0 Å². The molecule has 7 rings (SSSR count). The fourth-order valence-electron chi connectivity index (χ4n) is 3.77. The van der Waals surface area contributed by atoms with E-state index in [9.17, 15) is 4.79 Å². The predicted molar refractivity (Wildman–Crippen MR) is 106 cm³/mol. The molecule has 140 valence electrons. The van der Waals surface area contributed by atoms with Crippen LogP contribution in [0.5, 0.6) is 0 Å². The normalized spacial score (nSPS) is 17.7. The molecule has 0 saturated carbocycles. The topological polar surface area (TPSA) is 47.9 Å². The maximum Gasteiger partial charge on any atom is 0.338 e. The highest BCUT2D eigenvalue weighted by atomic mass is 16.5. The molecule has 0 amide bonds.